The third-order valence-electron chi connectivity index (χ3n) is 9.17. The summed E-state index contributed by atoms with van der Waals surface area (Å²) in [7, 11) is 4.32. The highest BCUT2D eigenvalue weighted by Gasteiger charge is 2.25. The maximum atomic E-state index is 8.36. The van der Waals surface area contributed by atoms with Gasteiger partial charge < -0.3 is 35.9 Å². The minimum Gasteiger partial charge on any atom is -0.356 e. The van der Waals surface area contributed by atoms with E-state index >= 15 is 0 Å². The predicted octanol–water partition coefficient (Wildman–Crippen LogP) is 8.49. The molecule has 15 nitrogen and oxygen atoms in total. The lowest BCUT2D eigenvalue weighted by molar-refractivity contribution is -0.742. The highest BCUT2D eigenvalue weighted by molar-refractivity contribution is 6.18. The molecule has 3 aromatic heterocycles. The average molecular weight is 767 g/mol. The maximum absolute atomic E-state index is 8.36. The molecule has 0 radical (unpaired) electrons. The first kappa shape index (κ1) is 40.1. The Bertz CT molecular complexity index is 2660. The molecule has 0 aliphatic heterocycles. The van der Waals surface area contributed by atoms with Crippen LogP contribution in [-0.4, -0.2) is 25.5 Å². The molecule has 1 N–H and O–H groups in total. The van der Waals surface area contributed by atoms with Crippen molar-refractivity contribution in [3.05, 3.63) is 192 Å². The van der Waals surface area contributed by atoms with Gasteiger partial charge in [0.2, 0.25) is 22.1 Å². The number of benzene rings is 6. The van der Waals surface area contributed by atoms with Crippen molar-refractivity contribution in [2.75, 3.05) is 0 Å². The van der Waals surface area contributed by atoms with Crippen molar-refractivity contribution in [3.8, 4) is 11.1 Å². The van der Waals surface area contributed by atoms with E-state index in [0.717, 1.165) is 11.0 Å². The van der Waals surface area contributed by atoms with Crippen LogP contribution >= 0.6 is 0 Å². The minimum atomic E-state index is -1.75. The molecule has 0 saturated carbocycles. The quantitative estimate of drug-likeness (QED) is 0.0727. The van der Waals surface area contributed by atoms with Gasteiger partial charge in [-0.2, -0.15) is 9.13 Å². The monoisotopic (exact) mass is 766 g/mol. The molecule has 9 rings (SSSR count). The van der Waals surface area contributed by atoms with E-state index in [2.05, 4.69) is 169 Å². The molecule has 9 aromatic rings. The van der Waals surface area contributed by atoms with Crippen molar-refractivity contribution in [1.29, 1.82) is 0 Å². The average Bonchev–Trinajstić information content (AvgIpc) is 3.18. The predicted molar refractivity (Wildman–Crippen MR) is 218 cm³/mol. The van der Waals surface area contributed by atoms with Gasteiger partial charge in [0.05, 0.1) is 42.8 Å². The van der Waals surface area contributed by atoms with E-state index in [1.807, 2.05) is 12.1 Å². The van der Waals surface area contributed by atoms with Gasteiger partial charge in [0, 0.05) is 46.2 Å². The van der Waals surface area contributed by atoms with E-state index in [4.69, 9.17) is 46.0 Å². The Morgan fingerprint density at radius 3 is 1.18 bits per heavy atom. The van der Waals surface area contributed by atoms with Crippen LogP contribution in [0.5, 0.6) is 0 Å². The summed E-state index contributed by atoms with van der Waals surface area (Å²) in [4.78, 5) is 29.5. The molecular weight excluding hydrogens is 732 g/mol. The Balaban J connectivity index is 0.000000190. The van der Waals surface area contributed by atoms with Gasteiger partial charge in [-0.1, -0.05) is 78.9 Å². The largest absolute Gasteiger partial charge is 0.356 e. The lowest BCUT2D eigenvalue weighted by Gasteiger charge is -2.14. The molecule has 0 fully saturated rings. The lowest BCUT2D eigenvalue weighted by atomic mass is 9.90. The van der Waals surface area contributed by atoms with Crippen molar-refractivity contribution in [2.24, 2.45) is 14.1 Å². The second kappa shape index (κ2) is 17.8. The van der Waals surface area contributed by atoms with Crippen LogP contribution in [0.25, 0.3) is 76.5 Å². The zero-order valence-corrected chi connectivity index (χ0v) is 30.8. The van der Waals surface area contributed by atoms with Crippen LogP contribution in [0.3, 0.4) is 0 Å². The Labute approximate surface area is 323 Å². The van der Waals surface area contributed by atoms with Crippen molar-refractivity contribution in [2.45, 2.75) is 6.92 Å². The van der Waals surface area contributed by atoms with Crippen LogP contribution in [0.1, 0.15) is 5.56 Å². The summed E-state index contributed by atoms with van der Waals surface area (Å²) in [5.41, 5.74) is 11.0. The smallest absolute Gasteiger partial charge is 0.291 e. The Hall–Kier alpha value is -8.07. The molecule has 6 aromatic carbocycles. The van der Waals surface area contributed by atoms with E-state index in [1.165, 1.54) is 71.1 Å². The van der Waals surface area contributed by atoms with Gasteiger partial charge in [-0.25, -0.2) is 4.98 Å². The molecule has 0 aliphatic rings. The van der Waals surface area contributed by atoms with E-state index in [0.29, 0.717) is 0 Å². The Kier molecular flexibility index (Phi) is 12.6. The van der Waals surface area contributed by atoms with Gasteiger partial charge >= 0.3 is 0 Å². The first-order valence-electron chi connectivity index (χ1n) is 17.1. The number of aryl methyl sites for hydroxylation is 3. The summed E-state index contributed by atoms with van der Waals surface area (Å²) in [5.74, 6) is 0. The highest BCUT2D eigenvalue weighted by atomic mass is 16.9. The van der Waals surface area contributed by atoms with Crippen LogP contribution in [0.15, 0.2) is 146 Å². The van der Waals surface area contributed by atoms with Gasteiger partial charge in [-0.15, -0.1) is 10.1 Å². The Morgan fingerprint density at radius 2 is 0.789 bits per heavy atom. The normalized spacial score (nSPS) is 10.3. The number of aromatic nitrogens is 3. The minimum absolute atomic E-state index is 1.07. The second-order valence-corrected chi connectivity index (χ2v) is 12.4. The fourth-order valence-corrected chi connectivity index (χ4v) is 6.95. The van der Waals surface area contributed by atoms with Gasteiger partial charge in [0.15, 0.2) is 0 Å². The molecule has 0 unspecified atom stereocenters. The van der Waals surface area contributed by atoms with Crippen LogP contribution in [0.4, 0.5) is 0 Å². The number of pyridine rings is 3. The Morgan fingerprint density at radius 1 is 0.474 bits per heavy atom. The fraction of sp³-hybridized carbons (Fsp3) is 0.0714. The molecule has 15 heteroatoms. The van der Waals surface area contributed by atoms with Crippen molar-refractivity contribution >= 4 is 65.4 Å². The summed E-state index contributed by atoms with van der Waals surface area (Å²) in [5, 5.41) is 50.7. The maximum Gasteiger partial charge on any atom is 0.291 e. The number of nitrogens with zero attached hydrogens (tertiary/aromatic N) is 6. The molecule has 0 atom stereocenters. The van der Waals surface area contributed by atoms with Crippen molar-refractivity contribution < 1.29 is 29.6 Å². The summed E-state index contributed by atoms with van der Waals surface area (Å²) >= 11 is 0. The molecule has 0 amide bonds. The van der Waals surface area contributed by atoms with Crippen LogP contribution in [0.2, 0.25) is 0 Å². The van der Waals surface area contributed by atoms with E-state index < -0.39 is 15.3 Å². The van der Waals surface area contributed by atoms with Crippen molar-refractivity contribution in [3.63, 3.8) is 0 Å². The summed E-state index contributed by atoms with van der Waals surface area (Å²) in [6.07, 6.45) is 0. The molecule has 57 heavy (non-hydrogen) atoms. The van der Waals surface area contributed by atoms with Crippen molar-refractivity contribution in [1.82, 2.24) is 4.98 Å². The van der Waals surface area contributed by atoms with Crippen LogP contribution in [-0.2, 0) is 14.1 Å². The van der Waals surface area contributed by atoms with Gasteiger partial charge in [-0.05, 0) is 55.0 Å². The van der Waals surface area contributed by atoms with Crippen LogP contribution < -0.4 is 9.13 Å². The number of hydrogen-bond acceptors (Lipinski definition) is 9. The molecule has 0 bridgehead atoms. The molecule has 0 spiro atoms. The SMILES string of the molecule is C[n+]1c2ccccc2c(-c2c3ccccc3[n+](C)c3ccccc23)c2ccccc21.Cc1cccc2nc3ccccc3cc12.O=[N+]([O-])O.O=[N+]([O-])[O-].O=[N+]([O-])[O-]. The van der Waals surface area contributed by atoms with E-state index in [1.54, 1.807) is 0 Å². The third-order valence-corrected chi connectivity index (χ3v) is 9.17. The molecule has 286 valence electrons. The van der Waals surface area contributed by atoms with Crippen LogP contribution in [0, 0.1) is 47.7 Å². The summed E-state index contributed by atoms with van der Waals surface area (Å²) < 4.78 is 4.61. The summed E-state index contributed by atoms with van der Waals surface area (Å²) in [6, 6.07) is 51.7. The summed E-state index contributed by atoms with van der Waals surface area (Å²) in [6.45, 7) is 2.12. The second-order valence-electron chi connectivity index (χ2n) is 12.4. The third kappa shape index (κ3) is 9.18. The molecule has 0 saturated heterocycles. The van der Waals surface area contributed by atoms with E-state index in [9.17, 15) is 0 Å². The van der Waals surface area contributed by atoms with E-state index in [-0.39, 0.29) is 0 Å². The number of fused-ring (bicyclic) bond motifs is 6. The zero-order valence-electron chi connectivity index (χ0n) is 30.8. The molecular formula is C42H34N6O9. The highest BCUT2D eigenvalue weighted by Crippen LogP contribution is 2.40. The molecule has 3 heterocycles. The van der Waals surface area contributed by atoms with Gasteiger partial charge in [-0.3, -0.25) is 0 Å². The number of rotatable bonds is 1. The molecule has 0 aliphatic carbocycles. The first-order chi connectivity index (χ1) is 27.3. The first-order valence-corrected chi connectivity index (χ1v) is 17.1. The topological polar surface area (TPSA) is 216 Å². The van der Waals surface area contributed by atoms with Gasteiger partial charge in [0.25, 0.3) is 5.09 Å². The number of para-hydroxylation sites is 5. The van der Waals surface area contributed by atoms with Gasteiger partial charge in [0.1, 0.15) is 14.1 Å². The lowest BCUT2D eigenvalue weighted by Crippen LogP contribution is -2.31. The zero-order chi connectivity index (χ0) is 41.2. The number of hydrogen-bond donors (Lipinski definition) is 1. The standard InChI is InChI=1S/C28H22N2.C14H11N.HNO3.2NO3/c1-29-23-15-7-3-11-19(23)27(20-12-4-8-16-24(20)29)28-21-13-5-9-17-25(21)30(2)26-18-10-6-14-22(26)28;1-10-5-4-8-14-12(10)9-11-6-2-3-7-13(11)15-14;3*2-1(3)4/h3-18H,1-2H3;2-9H,1H3;(H,2,3,4);;/q+2;;;2*-1. The fourth-order valence-electron chi connectivity index (χ4n) is 6.95.